The number of hydrogen-bond donors (Lipinski definition) is 1. The number of aromatic nitrogens is 1. The summed E-state index contributed by atoms with van der Waals surface area (Å²) >= 11 is 0. The zero-order chi connectivity index (χ0) is 25.0. The summed E-state index contributed by atoms with van der Waals surface area (Å²) in [6.07, 6.45) is 0.248. The number of nitrogens with zero attached hydrogens (tertiary/aromatic N) is 3. The second kappa shape index (κ2) is 8.08. The molecule has 0 unspecified atom stereocenters. The molecule has 9 nitrogen and oxygen atoms in total. The quantitative estimate of drug-likeness (QED) is 0.562. The van der Waals surface area contributed by atoms with Crippen LogP contribution in [0.15, 0.2) is 47.4 Å². The van der Waals surface area contributed by atoms with Crippen LogP contribution < -0.4 is 13.6 Å². The van der Waals surface area contributed by atoms with Crippen molar-refractivity contribution in [3.63, 3.8) is 0 Å². The maximum Gasteiger partial charge on any atom is 0.380 e. The number of nitriles is 1. The topological polar surface area (TPSA) is 135 Å². The highest BCUT2D eigenvalue weighted by Gasteiger charge is 2.40. The van der Waals surface area contributed by atoms with E-state index < -0.39 is 38.0 Å². The van der Waals surface area contributed by atoms with Crippen molar-refractivity contribution in [2.75, 3.05) is 4.31 Å². The lowest BCUT2D eigenvalue weighted by molar-refractivity contribution is 0.485. The molecule has 1 aromatic heterocycles. The number of benzene rings is 2. The Labute approximate surface area is 194 Å². The molecule has 13 heteroatoms. The van der Waals surface area contributed by atoms with Crippen molar-refractivity contribution in [2.45, 2.75) is 31.2 Å². The summed E-state index contributed by atoms with van der Waals surface area (Å²) in [6, 6.07) is 9.25. The Morgan fingerprint density at radius 1 is 1.06 bits per heavy atom. The zero-order valence-electron chi connectivity index (χ0n) is 17.9. The molecule has 2 heterocycles. The predicted molar refractivity (Wildman–Crippen MR) is 118 cm³/mol. The lowest BCUT2D eigenvalue weighted by Gasteiger charge is -2.38. The molecule has 0 saturated carbocycles. The molecule has 0 fully saturated rings. The van der Waals surface area contributed by atoms with Gasteiger partial charge in [0.25, 0.3) is 10.0 Å². The molecule has 0 amide bonds. The van der Waals surface area contributed by atoms with Gasteiger partial charge >= 0.3 is 10.3 Å². The Balaban J connectivity index is 1.94. The smallest absolute Gasteiger partial charge is 0.371 e. The van der Waals surface area contributed by atoms with E-state index in [1.165, 1.54) is 23.6 Å². The first-order valence-corrected chi connectivity index (χ1v) is 12.8. The molecule has 1 aliphatic heterocycles. The largest absolute Gasteiger partial charge is 0.380 e. The van der Waals surface area contributed by atoms with E-state index in [-0.39, 0.29) is 39.7 Å². The van der Waals surface area contributed by atoms with Gasteiger partial charge < -0.3 is 8.75 Å². The molecule has 4 rings (SSSR count). The number of sulfonamides is 1. The molecule has 0 bridgehead atoms. The van der Waals surface area contributed by atoms with Gasteiger partial charge in [-0.2, -0.15) is 18.8 Å². The summed E-state index contributed by atoms with van der Waals surface area (Å²) in [7, 11) is -8.71. The molecule has 1 aliphatic rings. The van der Waals surface area contributed by atoms with Crippen LogP contribution in [0, 0.1) is 29.9 Å². The van der Waals surface area contributed by atoms with Gasteiger partial charge in [-0.1, -0.05) is 6.92 Å². The molecule has 0 radical (unpaired) electrons. The normalized spacial score (nSPS) is 15.4. The predicted octanol–water partition coefficient (Wildman–Crippen LogP) is 3.18. The summed E-state index contributed by atoms with van der Waals surface area (Å²) in [5.74, 6) is -2.61. The van der Waals surface area contributed by atoms with Crippen LogP contribution in [0.25, 0.3) is 5.69 Å². The van der Waals surface area contributed by atoms with Gasteiger partial charge in [-0.15, -0.1) is 0 Å². The Kier molecular flexibility index (Phi) is 5.63. The summed E-state index contributed by atoms with van der Waals surface area (Å²) in [5, 5.41) is 14.4. The highest BCUT2D eigenvalue weighted by molar-refractivity contribution is 7.92. The van der Waals surface area contributed by atoms with Crippen LogP contribution >= 0.6 is 0 Å². The van der Waals surface area contributed by atoms with Crippen LogP contribution in [0.4, 0.5) is 14.5 Å². The van der Waals surface area contributed by atoms with E-state index in [1.807, 2.05) is 6.07 Å². The summed E-state index contributed by atoms with van der Waals surface area (Å²) in [6.45, 7) is 3.15. The van der Waals surface area contributed by atoms with E-state index in [4.69, 9.17) is 5.14 Å². The highest BCUT2D eigenvalue weighted by Crippen LogP contribution is 2.45. The number of rotatable bonds is 5. The van der Waals surface area contributed by atoms with Crippen LogP contribution in [0.3, 0.4) is 0 Å². The minimum Gasteiger partial charge on any atom is -0.371 e. The average Bonchev–Trinajstić information content (AvgIpc) is 3.18. The van der Waals surface area contributed by atoms with Crippen molar-refractivity contribution in [2.24, 2.45) is 5.14 Å². The second-order valence-corrected chi connectivity index (χ2v) is 10.5. The molecular formula is C21H18F2N4O5S2. The number of hydrogen-bond acceptors (Lipinski definition) is 6. The van der Waals surface area contributed by atoms with Crippen molar-refractivity contribution in [1.29, 1.82) is 5.26 Å². The SMILES string of the molecule is CC[C@H]1c2ccc(C#N)n2-c2cc(F)c(F)cc2N1S(=O)(=O)c1ccc(OS(N)(=O)=O)c(C)c1. The molecule has 0 aliphatic carbocycles. The highest BCUT2D eigenvalue weighted by atomic mass is 32.2. The van der Waals surface area contributed by atoms with E-state index in [2.05, 4.69) is 4.18 Å². The first kappa shape index (κ1) is 23.7. The summed E-state index contributed by atoms with van der Waals surface area (Å²) in [5.41, 5.74) is 0.564. The fourth-order valence-electron chi connectivity index (χ4n) is 4.02. The molecule has 34 heavy (non-hydrogen) atoms. The van der Waals surface area contributed by atoms with E-state index in [1.54, 1.807) is 13.0 Å². The van der Waals surface area contributed by atoms with Crippen molar-refractivity contribution in [3.05, 3.63) is 71.1 Å². The van der Waals surface area contributed by atoms with Gasteiger partial charge in [0.2, 0.25) is 0 Å². The minimum atomic E-state index is -4.38. The van der Waals surface area contributed by atoms with Gasteiger partial charge in [-0.05, 0) is 49.2 Å². The van der Waals surface area contributed by atoms with Crippen LogP contribution in [0.1, 0.15) is 36.3 Å². The Hall–Kier alpha value is -3.47. The Bertz CT molecular complexity index is 1580. The second-order valence-electron chi connectivity index (χ2n) is 7.57. The molecule has 0 saturated heterocycles. The summed E-state index contributed by atoms with van der Waals surface area (Å²) < 4.78 is 85.6. The summed E-state index contributed by atoms with van der Waals surface area (Å²) in [4.78, 5) is -0.235. The lowest BCUT2D eigenvalue weighted by Crippen LogP contribution is -2.39. The maximum atomic E-state index is 14.3. The Morgan fingerprint density at radius 3 is 2.26 bits per heavy atom. The van der Waals surface area contributed by atoms with Crippen LogP contribution in [0.5, 0.6) is 5.75 Å². The first-order chi connectivity index (χ1) is 15.9. The van der Waals surface area contributed by atoms with Gasteiger partial charge in [0.15, 0.2) is 11.6 Å². The number of halogens is 2. The fraction of sp³-hybridized carbons (Fsp3) is 0.190. The number of aryl methyl sites for hydroxylation is 1. The molecule has 2 N–H and O–H groups in total. The molecule has 2 aromatic carbocycles. The van der Waals surface area contributed by atoms with Crippen LogP contribution in [0.2, 0.25) is 0 Å². The van der Waals surface area contributed by atoms with Gasteiger partial charge in [-0.25, -0.2) is 17.2 Å². The van der Waals surface area contributed by atoms with Gasteiger partial charge in [0, 0.05) is 17.8 Å². The van der Waals surface area contributed by atoms with E-state index in [0.29, 0.717) is 5.69 Å². The van der Waals surface area contributed by atoms with Crippen LogP contribution in [-0.2, 0) is 20.3 Å². The van der Waals surface area contributed by atoms with Gasteiger partial charge in [0.05, 0.1) is 22.3 Å². The Morgan fingerprint density at radius 2 is 1.71 bits per heavy atom. The minimum absolute atomic E-state index is 0.00498. The van der Waals surface area contributed by atoms with Crippen molar-refractivity contribution >= 4 is 26.0 Å². The van der Waals surface area contributed by atoms with E-state index >= 15 is 0 Å². The third-order valence-electron chi connectivity index (χ3n) is 5.44. The molecular weight excluding hydrogens is 490 g/mol. The van der Waals surface area contributed by atoms with Gasteiger partial charge in [0.1, 0.15) is 17.5 Å². The van der Waals surface area contributed by atoms with Gasteiger partial charge in [-0.3, -0.25) is 4.31 Å². The molecule has 0 spiro atoms. The number of fused-ring (bicyclic) bond motifs is 3. The number of nitrogens with two attached hydrogens (primary N) is 1. The van der Waals surface area contributed by atoms with Crippen molar-refractivity contribution < 1.29 is 29.8 Å². The monoisotopic (exact) mass is 508 g/mol. The average molecular weight is 509 g/mol. The maximum absolute atomic E-state index is 14.3. The fourth-order valence-corrected chi connectivity index (χ4v) is 6.25. The molecule has 1 atom stereocenters. The third-order valence-corrected chi connectivity index (χ3v) is 7.67. The van der Waals surface area contributed by atoms with Crippen LogP contribution in [-0.4, -0.2) is 21.4 Å². The third kappa shape index (κ3) is 3.79. The zero-order valence-corrected chi connectivity index (χ0v) is 19.5. The lowest BCUT2D eigenvalue weighted by atomic mass is 10.1. The number of anilines is 1. The van der Waals surface area contributed by atoms with E-state index in [0.717, 1.165) is 28.6 Å². The van der Waals surface area contributed by atoms with Crippen molar-refractivity contribution in [3.8, 4) is 17.5 Å². The molecule has 3 aromatic rings. The van der Waals surface area contributed by atoms with E-state index in [9.17, 15) is 30.9 Å². The van der Waals surface area contributed by atoms with Crippen molar-refractivity contribution in [1.82, 2.24) is 4.57 Å². The standard InChI is InChI=1S/C21H18F2N4O5S2/c1-3-17-18-6-4-13(11-24)26(18)19-9-15(22)16(23)10-20(19)27(17)33(28,29)14-5-7-21(12(2)8-14)32-34(25,30)31/h4-10,17H,3H2,1-2H3,(H2,25,30,31)/t17-/m0/s1. The molecule has 178 valence electrons. The first-order valence-electron chi connectivity index (χ1n) is 9.87.